The second-order valence-corrected chi connectivity index (χ2v) is 2.06. The van der Waals surface area contributed by atoms with Crippen molar-refractivity contribution in [3.63, 3.8) is 0 Å². The minimum atomic E-state index is -2.83. The van der Waals surface area contributed by atoms with E-state index in [1.807, 2.05) is 0 Å². The zero-order chi connectivity index (χ0) is 7.44. The van der Waals surface area contributed by atoms with Gasteiger partial charge in [0, 0.05) is 10.1 Å². The van der Waals surface area contributed by atoms with Gasteiger partial charge in [-0.15, -0.1) is 4.89 Å². The summed E-state index contributed by atoms with van der Waals surface area (Å²) in [6, 6.07) is 0. The molecule has 5 heteroatoms. The van der Waals surface area contributed by atoms with Gasteiger partial charge in [-0.2, -0.15) is 4.52 Å². The Hall–Kier alpha value is -0.730. The van der Waals surface area contributed by atoms with Crippen molar-refractivity contribution in [2.24, 2.45) is 0 Å². The molecule has 0 fully saturated rings. The first-order valence-corrected chi connectivity index (χ1v) is 3.21. The van der Waals surface area contributed by atoms with Crippen LogP contribution in [-0.2, 0) is 13.9 Å². The topological polar surface area (TPSA) is 63.6 Å². The quantitative estimate of drug-likeness (QED) is 0.464. The maximum absolute atomic E-state index is 10.3. The van der Waals surface area contributed by atoms with Crippen LogP contribution in [0.5, 0.6) is 0 Å². The molecule has 0 saturated carbocycles. The summed E-state index contributed by atoms with van der Waals surface area (Å²) in [6.45, 7) is 4.58. The Balaban J connectivity index is 3.79. The predicted molar refractivity (Wildman–Crippen MR) is 30.7 cm³/mol. The molecule has 0 saturated heterocycles. The van der Waals surface area contributed by atoms with Gasteiger partial charge >= 0.3 is 14.2 Å². The summed E-state index contributed by atoms with van der Waals surface area (Å²) in [7, 11) is -2.83. The Morgan fingerprint density at radius 1 is 1.78 bits per heavy atom. The molecule has 0 radical (unpaired) electrons. The van der Waals surface area contributed by atoms with Gasteiger partial charge in [-0.25, -0.2) is 4.79 Å². The van der Waals surface area contributed by atoms with Gasteiger partial charge in [0.2, 0.25) is 0 Å². The van der Waals surface area contributed by atoms with Crippen molar-refractivity contribution in [3.8, 4) is 0 Å². The van der Waals surface area contributed by atoms with E-state index in [0.29, 0.717) is 0 Å². The van der Waals surface area contributed by atoms with E-state index in [2.05, 4.69) is 11.1 Å². The Morgan fingerprint density at radius 3 is 2.33 bits per heavy atom. The average Bonchev–Trinajstić information content (AvgIpc) is 1.63. The van der Waals surface area contributed by atoms with E-state index in [0.717, 1.165) is 0 Å². The smallest absolute Gasteiger partial charge is 0.241 e. The molecule has 0 amide bonds. The van der Waals surface area contributed by atoms with Gasteiger partial charge in [0.25, 0.3) is 0 Å². The van der Waals surface area contributed by atoms with Crippen LogP contribution in [0.25, 0.3) is 0 Å². The van der Waals surface area contributed by atoms with Crippen LogP contribution >= 0.6 is 8.25 Å². The van der Waals surface area contributed by atoms with Crippen LogP contribution in [0.2, 0.25) is 0 Å². The van der Waals surface area contributed by atoms with Gasteiger partial charge in [-0.1, -0.05) is 6.58 Å². The van der Waals surface area contributed by atoms with Crippen molar-refractivity contribution < 1.29 is 18.8 Å². The van der Waals surface area contributed by atoms with Crippen molar-refractivity contribution in [1.82, 2.24) is 0 Å². The summed E-state index contributed by atoms with van der Waals surface area (Å²) in [5.74, 6) is -0.849. The highest BCUT2D eigenvalue weighted by Gasteiger charge is 2.19. The van der Waals surface area contributed by atoms with Crippen molar-refractivity contribution in [2.45, 2.75) is 6.92 Å². The molecule has 0 spiro atoms. The summed E-state index contributed by atoms with van der Waals surface area (Å²) >= 11 is 0. The average molecular weight is 149 g/mol. The second-order valence-electron chi connectivity index (χ2n) is 1.40. The molecule has 0 bridgehead atoms. The number of carbonyl (C=O) groups excluding carboxylic acids is 1. The van der Waals surface area contributed by atoms with Crippen LogP contribution < -0.4 is 0 Å². The summed E-state index contributed by atoms with van der Waals surface area (Å²) in [5.41, 5.74) is 0.104. The molecule has 0 heterocycles. The van der Waals surface area contributed by atoms with Crippen molar-refractivity contribution >= 4 is 14.2 Å². The van der Waals surface area contributed by atoms with Crippen LogP contribution in [0.1, 0.15) is 6.92 Å². The molecule has 4 nitrogen and oxygen atoms in total. The van der Waals surface area contributed by atoms with Crippen molar-refractivity contribution in [2.75, 3.05) is 0 Å². The zero-order valence-corrected chi connectivity index (χ0v) is 5.72. The predicted octanol–water partition coefficient (Wildman–Crippen LogP) is 0.755. The van der Waals surface area contributed by atoms with E-state index in [4.69, 9.17) is 4.89 Å². The first kappa shape index (κ1) is 8.27. The standard InChI is InChI=1S/C4H5O4P/c1-3(2)4(5)8-9(6)7/h1H2,2H3/p+1. The third-order valence-electron chi connectivity index (χ3n) is 0.509. The minimum Gasteiger partial charge on any atom is -0.241 e. The lowest BCUT2D eigenvalue weighted by Crippen LogP contribution is -1.97. The van der Waals surface area contributed by atoms with Crippen LogP contribution in [-0.4, -0.2) is 10.9 Å². The van der Waals surface area contributed by atoms with Crippen LogP contribution in [0.3, 0.4) is 0 Å². The maximum atomic E-state index is 10.3. The first-order chi connectivity index (χ1) is 4.04. The Morgan fingerprint density at radius 2 is 2.22 bits per heavy atom. The number of rotatable bonds is 2. The Labute approximate surface area is 53.1 Å². The molecule has 0 aromatic rings. The number of carbonyl (C=O) groups is 1. The minimum absolute atomic E-state index is 0.104. The molecule has 0 aromatic heterocycles. The van der Waals surface area contributed by atoms with Gasteiger partial charge in [-0.05, 0) is 6.92 Å². The largest absolute Gasteiger partial charge is 0.750 e. The molecule has 0 aliphatic carbocycles. The molecule has 0 rings (SSSR count). The van der Waals surface area contributed by atoms with Gasteiger partial charge < -0.3 is 0 Å². The van der Waals surface area contributed by atoms with Gasteiger partial charge in [0.05, 0.1) is 0 Å². The van der Waals surface area contributed by atoms with Crippen LogP contribution in [0.15, 0.2) is 12.2 Å². The molecular formula is C4H6O4P+. The van der Waals surface area contributed by atoms with E-state index in [-0.39, 0.29) is 5.57 Å². The fourth-order valence-corrected chi connectivity index (χ4v) is 0.447. The van der Waals surface area contributed by atoms with Crippen molar-refractivity contribution in [3.05, 3.63) is 12.2 Å². The SMILES string of the molecule is C=C(C)C(=O)O[P+](=O)O. The highest BCUT2D eigenvalue weighted by atomic mass is 31.1. The molecule has 1 atom stereocenters. The molecular weight excluding hydrogens is 143 g/mol. The maximum Gasteiger partial charge on any atom is 0.750 e. The molecule has 9 heavy (non-hydrogen) atoms. The highest BCUT2D eigenvalue weighted by molar-refractivity contribution is 7.32. The summed E-state index contributed by atoms with van der Waals surface area (Å²) in [6.07, 6.45) is 0. The van der Waals surface area contributed by atoms with E-state index in [1.165, 1.54) is 6.92 Å². The third kappa shape index (κ3) is 3.82. The second kappa shape index (κ2) is 3.33. The van der Waals surface area contributed by atoms with E-state index in [9.17, 15) is 9.36 Å². The lowest BCUT2D eigenvalue weighted by molar-refractivity contribution is -0.130. The normalized spacial score (nSPS) is 10.2. The van der Waals surface area contributed by atoms with Crippen LogP contribution in [0, 0.1) is 0 Å². The highest BCUT2D eigenvalue weighted by Crippen LogP contribution is 2.16. The van der Waals surface area contributed by atoms with Crippen molar-refractivity contribution in [1.29, 1.82) is 0 Å². The fraction of sp³-hybridized carbons (Fsp3) is 0.250. The third-order valence-corrected chi connectivity index (χ3v) is 0.831. The number of hydrogen-bond donors (Lipinski definition) is 1. The summed E-state index contributed by atoms with van der Waals surface area (Å²) in [4.78, 5) is 18.3. The van der Waals surface area contributed by atoms with Crippen LogP contribution in [0.4, 0.5) is 0 Å². The van der Waals surface area contributed by atoms with Gasteiger partial charge in [0.1, 0.15) is 0 Å². The Kier molecular flexibility index (Phi) is 3.06. The van der Waals surface area contributed by atoms with Gasteiger partial charge in [0.15, 0.2) is 0 Å². The Bertz CT molecular complexity index is 162. The lowest BCUT2D eigenvalue weighted by atomic mass is 10.4. The zero-order valence-electron chi connectivity index (χ0n) is 4.83. The monoisotopic (exact) mass is 149 g/mol. The summed E-state index contributed by atoms with van der Waals surface area (Å²) < 4.78 is 13.6. The molecule has 1 N–H and O–H groups in total. The van der Waals surface area contributed by atoms with E-state index >= 15 is 0 Å². The molecule has 0 aliphatic rings. The molecule has 0 aliphatic heterocycles. The first-order valence-electron chi connectivity index (χ1n) is 2.08. The molecule has 1 unspecified atom stereocenters. The molecule has 50 valence electrons. The summed E-state index contributed by atoms with van der Waals surface area (Å²) in [5, 5.41) is 0. The van der Waals surface area contributed by atoms with E-state index < -0.39 is 14.2 Å². The fourth-order valence-electron chi connectivity index (χ4n) is 0.149. The molecule has 0 aromatic carbocycles. The number of hydrogen-bond acceptors (Lipinski definition) is 3. The van der Waals surface area contributed by atoms with E-state index in [1.54, 1.807) is 0 Å². The van der Waals surface area contributed by atoms with Gasteiger partial charge in [-0.3, -0.25) is 0 Å². The lowest BCUT2D eigenvalue weighted by Gasteiger charge is -1.83.